The van der Waals surface area contributed by atoms with Gasteiger partial charge in [-0.1, -0.05) is 13.8 Å². The van der Waals surface area contributed by atoms with E-state index in [1.807, 2.05) is 19.1 Å². The zero-order valence-corrected chi connectivity index (χ0v) is 11.5. The lowest BCUT2D eigenvalue weighted by molar-refractivity contribution is -0.139. The van der Waals surface area contributed by atoms with Crippen LogP contribution in [-0.2, 0) is 9.59 Å². The molecule has 0 radical (unpaired) electrons. The molecule has 19 heavy (non-hydrogen) atoms. The molecule has 0 aromatic carbocycles. The SMILES string of the molecule is C[C@@H](NC(=O)CC(C)(C)CC(=O)O)c1ccncc1. The lowest BCUT2D eigenvalue weighted by Gasteiger charge is -2.23. The zero-order valence-electron chi connectivity index (χ0n) is 11.5. The van der Waals surface area contributed by atoms with E-state index in [0.29, 0.717) is 0 Å². The largest absolute Gasteiger partial charge is 0.481 e. The molecule has 0 aliphatic carbocycles. The van der Waals surface area contributed by atoms with Gasteiger partial charge in [-0.25, -0.2) is 0 Å². The molecule has 0 aliphatic rings. The summed E-state index contributed by atoms with van der Waals surface area (Å²) in [6, 6.07) is 3.57. The zero-order chi connectivity index (χ0) is 14.5. The fraction of sp³-hybridized carbons (Fsp3) is 0.500. The van der Waals surface area contributed by atoms with Gasteiger partial charge in [0, 0.05) is 18.8 Å². The van der Waals surface area contributed by atoms with Gasteiger partial charge in [0.2, 0.25) is 5.91 Å². The Balaban J connectivity index is 2.54. The Hall–Kier alpha value is -1.91. The van der Waals surface area contributed by atoms with E-state index in [2.05, 4.69) is 10.3 Å². The first-order valence-electron chi connectivity index (χ1n) is 6.21. The number of carboxylic acid groups (broad SMARTS) is 1. The highest BCUT2D eigenvalue weighted by Gasteiger charge is 2.25. The number of carboxylic acids is 1. The van der Waals surface area contributed by atoms with E-state index in [1.165, 1.54) is 0 Å². The molecular weight excluding hydrogens is 244 g/mol. The van der Waals surface area contributed by atoms with Crippen molar-refractivity contribution < 1.29 is 14.7 Å². The van der Waals surface area contributed by atoms with Gasteiger partial charge in [-0.2, -0.15) is 0 Å². The van der Waals surface area contributed by atoms with Gasteiger partial charge in [0.15, 0.2) is 0 Å². The minimum atomic E-state index is -0.889. The molecule has 0 fully saturated rings. The van der Waals surface area contributed by atoms with Crippen molar-refractivity contribution in [3.8, 4) is 0 Å². The minimum absolute atomic E-state index is 0.0238. The molecule has 104 valence electrons. The smallest absolute Gasteiger partial charge is 0.303 e. The third kappa shape index (κ3) is 5.50. The molecule has 1 amide bonds. The summed E-state index contributed by atoms with van der Waals surface area (Å²) in [7, 11) is 0. The molecule has 1 heterocycles. The Labute approximate surface area is 113 Å². The summed E-state index contributed by atoms with van der Waals surface area (Å²) < 4.78 is 0. The summed E-state index contributed by atoms with van der Waals surface area (Å²) in [5.41, 5.74) is 0.424. The van der Waals surface area contributed by atoms with Gasteiger partial charge in [-0.3, -0.25) is 14.6 Å². The number of aliphatic carboxylic acids is 1. The first kappa shape index (κ1) is 15.1. The molecule has 0 unspecified atom stereocenters. The van der Waals surface area contributed by atoms with Crippen molar-refractivity contribution in [3.05, 3.63) is 30.1 Å². The van der Waals surface area contributed by atoms with E-state index < -0.39 is 11.4 Å². The van der Waals surface area contributed by atoms with E-state index in [9.17, 15) is 9.59 Å². The maximum absolute atomic E-state index is 11.9. The first-order valence-corrected chi connectivity index (χ1v) is 6.21. The highest BCUT2D eigenvalue weighted by atomic mass is 16.4. The van der Waals surface area contributed by atoms with Crippen LogP contribution in [0.15, 0.2) is 24.5 Å². The van der Waals surface area contributed by atoms with Crippen LogP contribution >= 0.6 is 0 Å². The summed E-state index contributed by atoms with van der Waals surface area (Å²) in [5.74, 6) is -1.03. The molecule has 1 atom stereocenters. The predicted molar refractivity (Wildman–Crippen MR) is 71.4 cm³/mol. The van der Waals surface area contributed by atoms with Crippen molar-refractivity contribution in [2.75, 3.05) is 0 Å². The van der Waals surface area contributed by atoms with Gasteiger partial charge in [0.25, 0.3) is 0 Å². The Bertz CT molecular complexity index is 443. The van der Waals surface area contributed by atoms with Crippen LogP contribution in [0.1, 0.15) is 45.2 Å². The minimum Gasteiger partial charge on any atom is -0.481 e. The average Bonchev–Trinajstić information content (AvgIpc) is 2.27. The van der Waals surface area contributed by atoms with Crippen molar-refractivity contribution in [3.63, 3.8) is 0 Å². The van der Waals surface area contributed by atoms with Crippen LogP contribution in [0.4, 0.5) is 0 Å². The van der Waals surface area contributed by atoms with Gasteiger partial charge in [0.1, 0.15) is 0 Å². The quantitative estimate of drug-likeness (QED) is 0.825. The molecule has 0 spiro atoms. The third-order valence-electron chi connectivity index (χ3n) is 2.85. The number of aromatic nitrogens is 1. The Morgan fingerprint density at radius 1 is 1.32 bits per heavy atom. The fourth-order valence-electron chi connectivity index (χ4n) is 1.93. The van der Waals surface area contributed by atoms with Crippen LogP contribution in [0.3, 0.4) is 0 Å². The van der Waals surface area contributed by atoms with E-state index in [1.54, 1.807) is 26.2 Å². The van der Waals surface area contributed by atoms with E-state index in [-0.39, 0.29) is 24.8 Å². The number of nitrogens with zero attached hydrogens (tertiary/aromatic N) is 1. The van der Waals surface area contributed by atoms with Crippen molar-refractivity contribution in [2.45, 2.75) is 39.7 Å². The Morgan fingerprint density at radius 2 is 1.89 bits per heavy atom. The molecule has 1 rings (SSSR count). The second kappa shape index (κ2) is 6.31. The molecule has 1 aromatic rings. The summed E-state index contributed by atoms with van der Waals surface area (Å²) in [6.07, 6.45) is 3.51. The van der Waals surface area contributed by atoms with Gasteiger partial charge >= 0.3 is 5.97 Å². The van der Waals surface area contributed by atoms with Crippen LogP contribution < -0.4 is 5.32 Å². The molecular formula is C14H20N2O3. The normalized spacial score (nSPS) is 12.8. The van der Waals surface area contributed by atoms with Gasteiger partial charge in [-0.05, 0) is 30.0 Å². The van der Waals surface area contributed by atoms with Gasteiger partial charge in [0.05, 0.1) is 12.5 Å². The maximum atomic E-state index is 11.9. The highest BCUT2D eigenvalue weighted by Crippen LogP contribution is 2.25. The molecule has 1 aromatic heterocycles. The average molecular weight is 264 g/mol. The summed E-state index contributed by atoms with van der Waals surface area (Å²) in [5, 5.41) is 11.6. The molecule has 5 heteroatoms. The van der Waals surface area contributed by atoms with E-state index >= 15 is 0 Å². The maximum Gasteiger partial charge on any atom is 0.303 e. The van der Waals surface area contributed by atoms with Crippen LogP contribution in [0.25, 0.3) is 0 Å². The monoisotopic (exact) mass is 264 g/mol. The van der Waals surface area contributed by atoms with Crippen LogP contribution in [0.2, 0.25) is 0 Å². The number of rotatable bonds is 6. The third-order valence-corrected chi connectivity index (χ3v) is 2.85. The fourth-order valence-corrected chi connectivity index (χ4v) is 1.93. The lowest BCUT2D eigenvalue weighted by Crippen LogP contribution is -2.31. The van der Waals surface area contributed by atoms with Crippen LogP contribution in [-0.4, -0.2) is 22.0 Å². The highest BCUT2D eigenvalue weighted by molar-refractivity contribution is 5.78. The first-order chi connectivity index (χ1) is 8.80. The Kier molecular flexibility index (Phi) is 5.03. The summed E-state index contributed by atoms with van der Waals surface area (Å²) in [6.45, 7) is 5.44. The van der Waals surface area contributed by atoms with Gasteiger partial charge in [-0.15, -0.1) is 0 Å². The summed E-state index contributed by atoms with van der Waals surface area (Å²) >= 11 is 0. The predicted octanol–water partition coefficient (Wildman–Crippen LogP) is 2.15. The topological polar surface area (TPSA) is 79.3 Å². The lowest BCUT2D eigenvalue weighted by atomic mass is 9.85. The number of hydrogen-bond donors (Lipinski definition) is 2. The number of nitrogens with one attached hydrogen (secondary N) is 1. The molecule has 0 saturated heterocycles. The van der Waals surface area contributed by atoms with E-state index in [0.717, 1.165) is 5.56 Å². The van der Waals surface area contributed by atoms with E-state index in [4.69, 9.17) is 5.11 Å². The van der Waals surface area contributed by atoms with Crippen molar-refractivity contribution in [1.82, 2.24) is 10.3 Å². The van der Waals surface area contributed by atoms with Gasteiger partial charge < -0.3 is 10.4 Å². The number of pyridine rings is 1. The molecule has 2 N–H and O–H groups in total. The molecule has 0 saturated carbocycles. The number of amides is 1. The van der Waals surface area contributed by atoms with Crippen molar-refractivity contribution >= 4 is 11.9 Å². The second-order valence-corrected chi connectivity index (χ2v) is 5.48. The van der Waals surface area contributed by atoms with Crippen LogP contribution in [0, 0.1) is 5.41 Å². The van der Waals surface area contributed by atoms with Crippen molar-refractivity contribution in [1.29, 1.82) is 0 Å². The standard InChI is InChI=1S/C14H20N2O3/c1-10(11-4-6-15-7-5-11)16-12(17)8-14(2,3)9-13(18)19/h4-7,10H,8-9H2,1-3H3,(H,16,17)(H,18,19)/t10-/m1/s1. The molecule has 0 bridgehead atoms. The second-order valence-electron chi connectivity index (χ2n) is 5.48. The Morgan fingerprint density at radius 3 is 2.42 bits per heavy atom. The molecule has 5 nitrogen and oxygen atoms in total. The van der Waals surface area contributed by atoms with Crippen LogP contribution in [0.5, 0.6) is 0 Å². The molecule has 0 aliphatic heterocycles. The number of hydrogen-bond acceptors (Lipinski definition) is 3. The van der Waals surface area contributed by atoms with Crippen molar-refractivity contribution in [2.24, 2.45) is 5.41 Å². The summed E-state index contributed by atoms with van der Waals surface area (Å²) in [4.78, 5) is 26.5. The number of carbonyl (C=O) groups excluding carboxylic acids is 1. The number of carbonyl (C=O) groups is 2.